The molecule has 1 aliphatic rings. The topological polar surface area (TPSA) is 43.6 Å². The molecule has 0 aliphatic carbocycles. The van der Waals surface area contributed by atoms with Crippen LogP contribution >= 0.6 is 0 Å². The second-order valence-corrected chi connectivity index (χ2v) is 14.1. The van der Waals surface area contributed by atoms with Crippen molar-refractivity contribution in [3.05, 3.63) is 194 Å². The Balaban J connectivity index is 1.00. The van der Waals surface area contributed by atoms with Crippen molar-refractivity contribution >= 4 is 21.8 Å². The Morgan fingerprint density at radius 1 is 0.364 bits per heavy atom. The van der Waals surface area contributed by atoms with E-state index in [1.807, 2.05) is 30.5 Å². The molecule has 0 unspecified atom stereocenters. The summed E-state index contributed by atoms with van der Waals surface area (Å²) in [6.45, 7) is 0. The summed E-state index contributed by atoms with van der Waals surface area (Å²) in [5.41, 5.74) is 18.1. The molecule has 4 nitrogen and oxygen atoms in total. The highest BCUT2D eigenvalue weighted by Gasteiger charge is 2.24. The molecule has 0 radical (unpaired) electrons. The Labute approximate surface area is 318 Å². The first kappa shape index (κ1) is 31.1. The molecule has 3 aromatic heterocycles. The highest BCUT2D eigenvalue weighted by Crippen LogP contribution is 2.47. The van der Waals surface area contributed by atoms with Crippen LogP contribution in [0.5, 0.6) is 0 Å². The first-order chi connectivity index (χ1) is 27.3. The van der Waals surface area contributed by atoms with Gasteiger partial charge in [0.25, 0.3) is 0 Å². The summed E-state index contributed by atoms with van der Waals surface area (Å²) in [7, 11) is 0. The van der Waals surface area contributed by atoms with Crippen LogP contribution in [0.2, 0.25) is 0 Å². The van der Waals surface area contributed by atoms with Crippen LogP contribution in [-0.4, -0.2) is 19.5 Å². The van der Waals surface area contributed by atoms with Gasteiger partial charge < -0.3 is 4.57 Å². The predicted octanol–water partition coefficient (Wildman–Crippen LogP) is 13.0. The van der Waals surface area contributed by atoms with Gasteiger partial charge in [0, 0.05) is 51.0 Å². The van der Waals surface area contributed by atoms with E-state index >= 15 is 0 Å². The maximum Gasteiger partial charge on any atom is 0.160 e. The molecule has 0 N–H and O–H groups in total. The van der Waals surface area contributed by atoms with Crippen molar-refractivity contribution < 1.29 is 0 Å². The van der Waals surface area contributed by atoms with E-state index in [4.69, 9.17) is 9.97 Å². The largest absolute Gasteiger partial charge is 0.308 e. The Morgan fingerprint density at radius 2 is 0.945 bits per heavy atom. The average molecular weight is 701 g/mol. The van der Waals surface area contributed by atoms with Crippen LogP contribution in [-0.2, 0) is 0 Å². The fourth-order valence-electron chi connectivity index (χ4n) is 8.23. The minimum atomic E-state index is 0.701. The minimum Gasteiger partial charge on any atom is -0.308 e. The van der Waals surface area contributed by atoms with Crippen molar-refractivity contribution in [2.75, 3.05) is 0 Å². The molecule has 7 aromatic carbocycles. The minimum absolute atomic E-state index is 0.701. The molecular weight excluding hydrogens is 669 g/mol. The number of fused-ring (bicyclic) bond motifs is 8. The van der Waals surface area contributed by atoms with E-state index in [0.29, 0.717) is 5.82 Å². The van der Waals surface area contributed by atoms with Crippen LogP contribution in [0, 0.1) is 0 Å². The number of hydrogen-bond acceptors (Lipinski definition) is 3. The number of aromatic nitrogens is 4. The number of nitrogens with zero attached hydrogens (tertiary/aromatic N) is 4. The lowest BCUT2D eigenvalue weighted by Gasteiger charge is -2.12. The molecule has 55 heavy (non-hydrogen) atoms. The van der Waals surface area contributed by atoms with Crippen LogP contribution in [0.25, 0.3) is 106 Å². The number of pyridine rings is 1. The van der Waals surface area contributed by atoms with Crippen molar-refractivity contribution in [3.8, 4) is 84.1 Å². The van der Waals surface area contributed by atoms with Crippen LogP contribution < -0.4 is 0 Å². The van der Waals surface area contributed by atoms with Gasteiger partial charge in [-0.25, -0.2) is 9.97 Å². The summed E-state index contributed by atoms with van der Waals surface area (Å²) in [6.07, 6.45) is 3.68. The number of hydrogen-bond donors (Lipinski definition) is 0. The van der Waals surface area contributed by atoms with Crippen molar-refractivity contribution in [3.63, 3.8) is 0 Å². The van der Waals surface area contributed by atoms with E-state index in [0.717, 1.165) is 44.8 Å². The van der Waals surface area contributed by atoms with Gasteiger partial charge in [-0.15, -0.1) is 0 Å². The first-order valence-corrected chi connectivity index (χ1v) is 18.6. The van der Waals surface area contributed by atoms with Gasteiger partial charge in [-0.3, -0.25) is 4.98 Å². The summed E-state index contributed by atoms with van der Waals surface area (Å²) in [5, 5.41) is 2.50. The van der Waals surface area contributed by atoms with Gasteiger partial charge in [0.1, 0.15) is 0 Å². The zero-order chi connectivity index (χ0) is 36.3. The fourth-order valence-corrected chi connectivity index (χ4v) is 8.23. The molecule has 0 atom stereocenters. The molecule has 10 aromatic rings. The third-order valence-corrected chi connectivity index (χ3v) is 10.9. The molecule has 11 rings (SSSR count). The van der Waals surface area contributed by atoms with Crippen LogP contribution in [0.15, 0.2) is 194 Å². The second kappa shape index (κ2) is 12.6. The number of para-hydroxylation sites is 2. The Bertz CT molecular complexity index is 3050. The summed E-state index contributed by atoms with van der Waals surface area (Å²) < 4.78 is 2.46. The van der Waals surface area contributed by atoms with Gasteiger partial charge in [0.2, 0.25) is 0 Å². The quantitative estimate of drug-likeness (QED) is 0.179. The summed E-state index contributed by atoms with van der Waals surface area (Å²) in [6, 6.07) is 64.8. The predicted molar refractivity (Wildman–Crippen MR) is 226 cm³/mol. The second-order valence-electron chi connectivity index (χ2n) is 14.1. The van der Waals surface area contributed by atoms with Gasteiger partial charge in [-0.05, 0) is 63.7 Å². The first-order valence-electron chi connectivity index (χ1n) is 18.6. The van der Waals surface area contributed by atoms with Gasteiger partial charge in [-0.2, -0.15) is 0 Å². The lowest BCUT2D eigenvalue weighted by molar-refractivity contribution is 1.18. The van der Waals surface area contributed by atoms with Gasteiger partial charge in [0.05, 0.1) is 28.1 Å². The van der Waals surface area contributed by atoms with Crippen molar-refractivity contribution in [2.45, 2.75) is 0 Å². The van der Waals surface area contributed by atoms with E-state index in [1.54, 1.807) is 6.20 Å². The Kier molecular flexibility index (Phi) is 7.14. The monoisotopic (exact) mass is 700 g/mol. The summed E-state index contributed by atoms with van der Waals surface area (Å²) >= 11 is 0. The van der Waals surface area contributed by atoms with Crippen LogP contribution in [0.4, 0.5) is 0 Å². The van der Waals surface area contributed by atoms with Gasteiger partial charge >= 0.3 is 0 Å². The highest BCUT2D eigenvalue weighted by atomic mass is 15.0. The fraction of sp³-hybridized carbons (Fsp3) is 0. The van der Waals surface area contributed by atoms with E-state index in [1.165, 1.54) is 55.3 Å². The van der Waals surface area contributed by atoms with Crippen molar-refractivity contribution in [1.82, 2.24) is 19.5 Å². The van der Waals surface area contributed by atoms with Gasteiger partial charge in [-0.1, -0.05) is 152 Å². The van der Waals surface area contributed by atoms with E-state index in [9.17, 15) is 0 Å². The molecule has 0 fully saturated rings. The average Bonchev–Trinajstić information content (AvgIpc) is 3.54. The maximum atomic E-state index is 5.09. The van der Waals surface area contributed by atoms with Crippen LogP contribution in [0.3, 0.4) is 0 Å². The zero-order valence-electron chi connectivity index (χ0n) is 29.8. The smallest absolute Gasteiger partial charge is 0.160 e. The molecule has 0 saturated heterocycles. The van der Waals surface area contributed by atoms with E-state index < -0.39 is 0 Å². The highest BCUT2D eigenvalue weighted by molar-refractivity contribution is 6.17. The molecule has 256 valence electrons. The normalized spacial score (nSPS) is 11.6. The SMILES string of the molecule is c1ccc(-c2nc(-c3ccc(-c4cccnc4)cc3)cc(-c3ccc(-c4ccc5c(c4)c4cccc6c4n5-c4ccccc4-c4ccccc4-6)cc3)n2)cc1. The zero-order valence-corrected chi connectivity index (χ0v) is 29.8. The Morgan fingerprint density at radius 3 is 1.65 bits per heavy atom. The lowest BCUT2D eigenvalue weighted by atomic mass is 9.93. The lowest BCUT2D eigenvalue weighted by Crippen LogP contribution is -1.96. The molecule has 4 heteroatoms. The van der Waals surface area contributed by atoms with Crippen molar-refractivity contribution in [2.24, 2.45) is 0 Å². The third kappa shape index (κ3) is 5.19. The van der Waals surface area contributed by atoms with Crippen LogP contribution in [0.1, 0.15) is 0 Å². The van der Waals surface area contributed by atoms with E-state index in [-0.39, 0.29) is 0 Å². The molecule has 0 spiro atoms. The van der Waals surface area contributed by atoms with E-state index in [2.05, 4.69) is 167 Å². The maximum absolute atomic E-state index is 5.09. The Hall–Kier alpha value is -7.43. The molecule has 0 bridgehead atoms. The third-order valence-electron chi connectivity index (χ3n) is 10.9. The molecule has 0 amide bonds. The molecule has 1 aliphatic heterocycles. The summed E-state index contributed by atoms with van der Waals surface area (Å²) in [5.74, 6) is 0.701. The van der Waals surface area contributed by atoms with Crippen molar-refractivity contribution in [1.29, 1.82) is 0 Å². The summed E-state index contributed by atoms with van der Waals surface area (Å²) in [4.78, 5) is 14.4. The van der Waals surface area contributed by atoms with Gasteiger partial charge in [0.15, 0.2) is 5.82 Å². The standard InChI is InChI=1S/C51H32N4/c1-2-10-37(11-3-1)51-53-46(31-47(54-51)36-25-21-34(22-26-36)39-12-9-29-52-32-39)35-23-19-33(20-24-35)38-27-28-49-45(30-38)44-17-8-16-43-41-14-5-4-13-40(41)42-15-6-7-18-48(42)55(49)50(43)44/h1-32H. The molecular formula is C51H32N4. The molecule has 0 saturated carbocycles. The number of benzene rings is 7. The molecule has 4 heterocycles. The number of rotatable bonds is 5.